The number of para-hydroxylation sites is 1. The van der Waals surface area contributed by atoms with E-state index in [0.717, 1.165) is 41.0 Å². The lowest BCUT2D eigenvalue weighted by Crippen LogP contribution is -2.15. The van der Waals surface area contributed by atoms with Crippen LogP contribution < -0.4 is 5.32 Å². The first-order valence-electron chi connectivity index (χ1n) is 7.11. The van der Waals surface area contributed by atoms with Crippen LogP contribution in [0.4, 0.5) is 0 Å². The summed E-state index contributed by atoms with van der Waals surface area (Å²) in [6.07, 6.45) is 2.74. The van der Waals surface area contributed by atoms with Gasteiger partial charge in [0.15, 0.2) is 5.76 Å². The molecule has 0 bridgehead atoms. The molecule has 0 atom stereocenters. The summed E-state index contributed by atoms with van der Waals surface area (Å²) in [6, 6.07) is 9.98. The average Bonchev–Trinajstić information content (AvgIpc) is 3.06. The van der Waals surface area contributed by atoms with E-state index in [9.17, 15) is 0 Å². The van der Waals surface area contributed by atoms with E-state index in [4.69, 9.17) is 9.52 Å². The van der Waals surface area contributed by atoms with E-state index in [1.54, 1.807) is 4.68 Å². The molecule has 1 aromatic carbocycles. The second kappa shape index (κ2) is 6.11. The first-order valence-corrected chi connectivity index (χ1v) is 7.11. The van der Waals surface area contributed by atoms with Crippen molar-refractivity contribution >= 4 is 11.0 Å². The van der Waals surface area contributed by atoms with Crippen LogP contribution in [0.2, 0.25) is 0 Å². The number of rotatable bonds is 6. The summed E-state index contributed by atoms with van der Waals surface area (Å²) in [5.74, 6) is 0.788. The minimum atomic E-state index is 0.205. The van der Waals surface area contributed by atoms with Gasteiger partial charge in [-0.05, 0) is 25.1 Å². The molecule has 110 valence electrons. The van der Waals surface area contributed by atoms with Crippen LogP contribution in [0.15, 0.2) is 40.9 Å². The van der Waals surface area contributed by atoms with Crippen LogP contribution in [-0.4, -0.2) is 28.0 Å². The van der Waals surface area contributed by atoms with Gasteiger partial charge in [0.25, 0.3) is 0 Å². The number of aryl methyl sites for hydroxylation is 1. The van der Waals surface area contributed by atoms with Gasteiger partial charge in [-0.2, -0.15) is 5.10 Å². The van der Waals surface area contributed by atoms with E-state index in [0.29, 0.717) is 6.54 Å². The maximum Gasteiger partial charge on any atom is 0.156 e. The second-order valence-corrected chi connectivity index (χ2v) is 5.08. The molecule has 3 aromatic rings. The predicted octanol–water partition coefficient (Wildman–Crippen LogP) is 2.31. The van der Waals surface area contributed by atoms with Crippen molar-refractivity contribution in [2.45, 2.75) is 13.0 Å². The van der Waals surface area contributed by atoms with E-state index >= 15 is 0 Å². The number of benzene rings is 1. The third-order valence-corrected chi connectivity index (χ3v) is 3.39. The molecule has 0 amide bonds. The Morgan fingerprint density at radius 2 is 2.19 bits per heavy atom. The molecule has 0 aliphatic heterocycles. The molecule has 2 N–H and O–H groups in total. The van der Waals surface area contributed by atoms with Gasteiger partial charge >= 0.3 is 0 Å². The Kier molecular flexibility index (Phi) is 4.03. The summed E-state index contributed by atoms with van der Waals surface area (Å²) >= 11 is 0. The summed E-state index contributed by atoms with van der Waals surface area (Å²) in [4.78, 5) is 0. The third kappa shape index (κ3) is 2.99. The molecular weight excluding hydrogens is 266 g/mol. The summed E-state index contributed by atoms with van der Waals surface area (Å²) in [5.41, 5.74) is 2.83. The van der Waals surface area contributed by atoms with Gasteiger partial charge in [-0.15, -0.1) is 0 Å². The number of aliphatic hydroxyl groups is 1. The fourth-order valence-corrected chi connectivity index (χ4v) is 2.40. The highest BCUT2D eigenvalue weighted by atomic mass is 16.3. The predicted molar refractivity (Wildman–Crippen MR) is 81.8 cm³/mol. The number of hydrogen-bond donors (Lipinski definition) is 2. The molecule has 0 fully saturated rings. The Morgan fingerprint density at radius 1 is 1.33 bits per heavy atom. The molecule has 0 spiro atoms. The molecule has 0 radical (unpaired) electrons. The molecule has 0 aliphatic rings. The molecule has 5 heteroatoms. The quantitative estimate of drug-likeness (QED) is 0.682. The van der Waals surface area contributed by atoms with Gasteiger partial charge in [-0.1, -0.05) is 18.2 Å². The van der Waals surface area contributed by atoms with Gasteiger partial charge in [0.05, 0.1) is 0 Å². The molecule has 2 heterocycles. The number of aliphatic hydroxyl groups excluding tert-OH is 1. The first kappa shape index (κ1) is 13.9. The Hall–Kier alpha value is -2.11. The Bertz CT molecular complexity index is 697. The zero-order valence-electron chi connectivity index (χ0n) is 12.0. The van der Waals surface area contributed by atoms with Gasteiger partial charge in [0.1, 0.15) is 11.3 Å². The van der Waals surface area contributed by atoms with Crippen molar-refractivity contribution in [1.29, 1.82) is 0 Å². The van der Waals surface area contributed by atoms with Crippen molar-refractivity contribution in [3.63, 3.8) is 0 Å². The minimum absolute atomic E-state index is 0.205. The largest absolute Gasteiger partial charge is 0.454 e. The summed E-state index contributed by atoms with van der Waals surface area (Å²) in [6.45, 7) is 1.70. The molecule has 0 aliphatic carbocycles. The number of nitrogens with zero attached hydrogens (tertiary/aromatic N) is 2. The SMILES string of the molecule is Cn1cc(CNCCCO)c(-c2cc3ccccc3o2)n1. The smallest absolute Gasteiger partial charge is 0.156 e. The van der Waals surface area contributed by atoms with Crippen molar-refractivity contribution < 1.29 is 9.52 Å². The summed E-state index contributed by atoms with van der Waals surface area (Å²) in [7, 11) is 1.91. The van der Waals surface area contributed by atoms with Crippen molar-refractivity contribution in [2.24, 2.45) is 7.05 Å². The molecule has 3 rings (SSSR count). The molecule has 5 nitrogen and oxygen atoms in total. The van der Waals surface area contributed by atoms with Crippen molar-refractivity contribution in [2.75, 3.05) is 13.2 Å². The summed E-state index contributed by atoms with van der Waals surface area (Å²) in [5, 5.41) is 17.7. The molecule has 21 heavy (non-hydrogen) atoms. The minimum Gasteiger partial charge on any atom is -0.454 e. The lowest BCUT2D eigenvalue weighted by Gasteiger charge is -2.02. The lowest BCUT2D eigenvalue weighted by molar-refractivity contribution is 0.286. The van der Waals surface area contributed by atoms with Crippen molar-refractivity contribution in [3.05, 3.63) is 42.1 Å². The monoisotopic (exact) mass is 285 g/mol. The average molecular weight is 285 g/mol. The van der Waals surface area contributed by atoms with E-state index < -0.39 is 0 Å². The summed E-state index contributed by atoms with van der Waals surface area (Å²) < 4.78 is 7.69. The molecule has 0 unspecified atom stereocenters. The number of fused-ring (bicyclic) bond motifs is 1. The number of hydrogen-bond acceptors (Lipinski definition) is 4. The maximum atomic E-state index is 8.81. The van der Waals surface area contributed by atoms with Crippen LogP contribution in [0.3, 0.4) is 0 Å². The zero-order chi connectivity index (χ0) is 14.7. The maximum absolute atomic E-state index is 8.81. The van der Waals surface area contributed by atoms with E-state index in [2.05, 4.69) is 10.4 Å². The van der Waals surface area contributed by atoms with Crippen LogP contribution in [0, 0.1) is 0 Å². The third-order valence-electron chi connectivity index (χ3n) is 3.39. The number of nitrogens with one attached hydrogen (secondary N) is 1. The Morgan fingerprint density at radius 3 is 3.00 bits per heavy atom. The first-order chi connectivity index (χ1) is 10.3. The van der Waals surface area contributed by atoms with Crippen LogP contribution in [0.1, 0.15) is 12.0 Å². The fraction of sp³-hybridized carbons (Fsp3) is 0.312. The van der Waals surface area contributed by atoms with Gasteiger partial charge in [-0.25, -0.2) is 0 Å². The standard InChI is InChI=1S/C16H19N3O2/c1-19-11-13(10-17-7-4-8-20)16(18-19)15-9-12-5-2-3-6-14(12)21-15/h2-3,5-6,9,11,17,20H,4,7-8,10H2,1H3. The Balaban J connectivity index is 1.87. The van der Waals surface area contributed by atoms with Crippen LogP contribution in [0.5, 0.6) is 0 Å². The highest BCUT2D eigenvalue weighted by Gasteiger charge is 2.14. The van der Waals surface area contributed by atoms with E-state index in [1.165, 1.54) is 0 Å². The topological polar surface area (TPSA) is 63.2 Å². The van der Waals surface area contributed by atoms with Crippen molar-refractivity contribution in [3.8, 4) is 11.5 Å². The van der Waals surface area contributed by atoms with E-state index in [-0.39, 0.29) is 6.61 Å². The van der Waals surface area contributed by atoms with E-state index in [1.807, 2.05) is 43.6 Å². The molecular formula is C16H19N3O2. The van der Waals surface area contributed by atoms with Gasteiger partial charge in [0.2, 0.25) is 0 Å². The van der Waals surface area contributed by atoms with Gasteiger partial charge < -0.3 is 14.8 Å². The molecule has 2 aromatic heterocycles. The van der Waals surface area contributed by atoms with Gasteiger partial charge in [0, 0.05) is 37.3 Å². The zero-order valence-corrected chi connectivity index (χ0v) is 12.0. The van der Waals surface area contributed by atoms with Crippen molar-refractivity contribution in [1.82, 2.24) is 15.1 Å². The second-order valence-electron chi connectivity index (χ2n) is 5.08. The highest BCUT2D eigenvalue weighted by Crippen LogP contribution is 2.28. The Labute approximate surface area is 123 Å². The number of furan rings is 1. The lowest BCUT2D eigenvalue weighted by atomic mass is 10.2. The molecule has 0 saturated carbocycles. The van der Waals surface area contributed by atoms with Crippen LogP contribution >= 0.6 is 0 Å². The fourth-order valence-electron chi connectivity index (χ4n) is 2.40. The molecule has 0 saturated heterocycles. The normalized spacial score (nSPS) is 11.3. The van der Waals surface area contributed by atoms with Crippen LogP contribution in [0.25, 0.3) is 22.4 Å². The number of aromatic nitrogens is 2. The van der Waals surface area contributed by atoms with Gasteiger partial charge in [-0.3, -0.25) is 4.68 Å². The highest BCUT2D eigenvalue weighted by molar-refractivity contribution is 5.82. The van der Waals surface area contributed by atoms with Crippen LogP contribution in [-0.2, 0) is 13.6 Å².